The molecule has 0 amide bonds. The molecule has 3 N–H and O–H groups in total. The molecule has 1 aromatic heterocycles. The molecular formula is C14H21ClN4O2. The monoisotopic (exact) mass is 312 g/mol. The Morgan fingerprint density at radius 2 is 2.24 bits per heavy atom. The fraction of sp³-hybridized carbons (Fsp3) is 0.714. The minimum Gasteiger partial charge on any atom is -0.382 e. The van der Waals surface area contributed by atoms with E-state index in [9.17, 15) is 0 Å². The van der Waals surface area contributed by atoms with Crippen LogP contribution in [0.4, 0.5) is 11.6 Å². The van der Waals surface area contributed by atoms with Crippen molar-refractivity contribution in [1.82, 2.24) is 9.97 Å². The van der Waals surface area contributed by atoms with Gasteiger partial charge in [0.05, 0.1) is 6.10 Å². The molecule has 21 heavy (non-hydrogen) atoms. The SMILES string of the molecule is CCO[C@H]1C[C@@H](Nc2ncnc(N)c2Cl)C12CCOCC2. The van der Waals surface area contributed by atoms with Gasteiger partial charge in [0.15, 0.2) is 5.82 Å². The van der Waals surface area contributed by atoms with Gasteiger partial charge in [-0.05, 0) is 26.2 Å². The normalized spacial score (nSPS) is 27.3. The Kier molecular flexibility index (Phi) is 4.19. The summed E-state index contributed by atoms with van der Waals surface area (Å²) in [5.41, 5.74) is 5.84. The van der Waals surface area contributed by atoms with Crippen molar-refractivity contribution in [3.8, 4) is 0 Å². The number of nitrogens with zero attached hydrogens (tertiary/aromatic N) is 2. The zero-order chi connectivity index (χ0) is 14.9. The number of anilines is 2. The van der Waals surface area contributed by atoms with Crippen LogP contribution < -0.4 is 11.1 Å². The largest absolute Gasteiger partial charge is 0.382 e. The summed E-state index contributed by atoms with van der Waals surface area (Å²) in [7, 11) is 0. The summed E-state index contributed by atoms with van der Waals surface area (Å²) in [4.78, 5) is 8.09. The first-order valence-electron chi connectivity index (χ1n) is 7.39. The van der Waals surface area contributed by atoms with Crippen molar-refractivity contribution in [2.24, 2.45) is 5.41 Å². The molecule has 1 saturated heterocycles. The Hall–Kier alpha value is -1.11. The second kappa shape index (κ2) is 5.94. The second-order valence-corrected chi connectivity index (χ2v) is 6.02. The Morgan fingerprint density at radius 1 is 1.48 bits per heavy atom. The molecule has 116 valence electrons. The third-order valence-corrected chi connectivity index (χ3v) is 5.08. The number of nitrogen functional groups attached to an aromatic ring is 1. The van der Waals surface area contributed by atoms with E-state index in [1.165, 1.54) is 6.33 Å². The number of halogens is 1. The van der Waals surface area contributed by atoms with Gasteiger partial charge in [-0.1, -0.05) is 11.6 Å². The molecule has 0 unspecified atom stereocenters. The van der Waals surface area contributed by atoms with Crippen LogP contribution in [0.1, 0.15) is 26.2 Å². The number of ether oxygens (including phenoxy) is 2. The summed E-state index contributed by atoms with van der Waals surface area (Å²) in [5.74, 6) is 0.908. The van der Waals surface area contributed by atoms with Gasteiger partial charge in [-0.25, -0.2) is 9.97 Å². The fourth-order valence-corrected chi connectivity index (χ4v) is 3.61. The van der Waals surface area contributed by atoms with E-state index in [0.717, 1.165) is 39.1 Å². The molecule has 1 aromatic rings. The number of nitrogens with one attached hydrogen (secondary N) is 1. The third-order valence-electron chi connectivity index (χ3n) is 4.70. The van der Waals surface area contributed by atoms with Crippen molar-refractivity contribution in [3.05, 3.63) is 11.3 Å². The summed E-state index contributed by atoms with van der Waals surface area (Å²) >= 11 is 6.17. The average molecular weight is 313 g/mol. The van der Waals surface area contributed by atoms with Gasteiger partial charge in [-0.15, -0.1) is 0 Å². The number of rotatable bonds is 4. The van der Waals surface area contributed by atoms with E-state index in [4.69, 9.17) is 26.8 Å². The Balaban J connectivity index is 1.77. The lowest BCUT2D eigenvalue weighted by Gasteiger charge is -2.57. The molecule has 1 aliphatic carbocycles. The lowest BCUT2D eigenvalue weighted by atomic mass is 9.57. The Bertz CT molecular complexity index is 508. The predicted octanol–water partition coefficient (Wildman–Crippen LogP) is 2.10. The van der Waals surface area contributed by atoms with E-state index >= 15 is 0 Å². The molecule has 0 radical (unpaired) electrons. The number of nitrogens with two attached hydrogens (primary N) is 1. The smallest absolute Gasteiger partial charge is 0.150 e. The molecule has 1 saturated carbocycles. The summed E-state index contributed by atoms with van der Waals surface area (Å²) in [6, 6.07) is 0.282. The minimum atomic E-state index is 0.108. The molecule has 1 spiro atoms. The molecule has 6 nitrogen and oxygen atoms in total. The van der Waals surface area contributed by atoms with Gasteiger partial charge < -0.3 is 20.5 Å². The van der Waals surface area contributed by atoms with Gasteiger partial charge in [0.1, 0.15) is 17.2 Å². The second-order valence-electron chi connectivity index (χ2n) is 5.64. The highest BCUT2D eigenvalue weighted by atomic mass is 35.5. The fourth-order valence-electron chi connectivity index (χ4n) is 3.46. The van der Waals surface area contributed by atoms with E-state index in [-0.39, 0.29) is 17.6 Å². The van der Waals surface area contributed by atoms with Crippen LogP contribution in [-0.4, -0.2) is 41.9 Å². The number of hydrogen-bond acceptors (Lipinski definition) is 6. The van der Waals surface area contributed by atoms with Crippen LogP contribution >= 0.6 is 11.6 Å². The summed E-state index contributed by atoms with van der Waals surface area (Å²) < 4.78 is 11.4. The lowest BCUT2D eigenvalue weighted by molar-refractivity contribution is -0.159. The van der Waals surface area contributed by atoms with Crippen LogP contribution in [0.3, 0.4) is 0 Å². The average Bonchev–Trinajstić information content (AvgIpc) is 2.51. The van der Waals surface area contributed by atoms with E-state index < -0.39 is 0 Å². The first kappa shape index (κ1) is 14.8. The van der Waals surface area contributed by atoms with E-state index in [1.807, 2.05) is 6.92 Å². The molecule has 2 fully saturated rings. The van der Waals surface area contributed by atoms with E-state index in [1.54, 1.807) is 0 Å². The molecule has 2 heterocycles. The molecule has 2 aliphatic rings. The predicted molar refractivity (Wildman–Crippen MR) is 81.4 cm³/mol. The van der Waals surface area contributed by atoms with Gasteiger partial charge in [-0.2, -0.15) is 0 Å². The minimum absolute atomic E-state index is 0.108. The summed E-state index contributed by atoms with van der Waals surface area (Å²) in [5, 5.41) is 3.83. The summed E-state index contributed by atoms with van der Waals surface area (Å²) in [6.07, 6.45) is 4.65. The van der Waals surface area contributed by atoms with Crippen LogP contribution in [-0.2, 0) is 9.47 Å². The van der Waals surface area contributed by atoms with Crippen molar-refractivity contribution < 1.29 is 9.47 Å². The molecular weight excluding hydrogens is 292 g/mol. The van der Waals surface area contributed by atoms with Gasteiger partial charge in [0.25, 0.3) is 0 Å². The van der Waals surface area contributed by atoms with Crippen LogP contribution in [0.25, 0.3) is 0 Å². The van der Waals surface area contributed by atoms with Crippen LogP contribution in [0.5, 0.6) is 0 Å². The van der Waals surface area contributed by atoms with Crippen molar-refractivity contribution in [2.75, 3.05) is 30.9 Å². The highest BCUT2D eigenvalue weighted by Crippen LogP contribution is 2.52. The van der Waals surface area contributed by atoms with E-state index in [2.05, 4.69) is 15.3 Å². The maximum atomic E-state index is 6.17. The first-order chi connectivity index (χ1) is 10.2. The number of aromatic nitrogens is 2. The summed E-state index contributed by atoms with van der Waals surface area (Å²) in [6.45, 7) is 4.33. The standard InChI is InChI=1S/C14H21ClN4O2/c1-2-21-10-7-9(14(10)3-5-20-6-4-14)19-13-11(15)12(16)17-8-18-13/h8-10H,2-7H2,1H3,(H3,16,17,18,19)/t9-,10+/m1/s1. The number of hydrogen-bond donors (Lipinski definition) is 2. The first-order valence-corrected chi connectivity index (χ1v) is 7.77. The van der Waals surface area contributed by atoms with Crippen LogP contribution in [0.2, 0.25) is 5.02 Å². The highest BCUT2D eigenvalue weighted by Gasteiger charge is 2.56. The van der Waals surface area contributed by atoms with Gasteiger partial charge in [0.2, 0.25) is 0 Å². The van der Waals surface area contributed by atoms with Crippen molar-refractivity contribution in [3.63, 3.8) is 0 Å². The van der Waals surface area contributed by atoms with Crippen LogP contribution in [0, 0.1) is 5.41 Å². The lowest BCUT2D eigenvalue weighted by Crippen LogP contribution is -2.63. The molecule has 7 heteroatoms. The zero-order valence-electron chi connectivity index (χ0n) is 12.1. The Morgan fingerprint density at radius 3 is 2.95 bits per heavy atom. The maximum absolute atomic E-state index is 6.17. The highest BCUT2D eigenvalue weighted by molar-refractivity contribution is 6.35. The molecule has 1 aliphatic heterocycles. The van der Waals surface area contributed by atoms with Gasteiger partial charge in [0, 0.05) is 31.3 Å². The molecule has 0 bridgehead atoms. The van der Waals surface area contributed by atoms with Crippen molar-refractivity contribution >= 4 is 23.2 Å². The third kappa shape index (κ3) is 2.56. The van der Waals surface area contributed by atoms with Gasteiger partial charge >= 0.3 is 0 Å². The molecule has 0 aromatic carbocycles. The maximum Gasteiger partial charge on any atom is 0.150 e. The van der Waals surface area contributed by atoms with Gasteiger partial charge in [-0.3, -0.25) is 0 Å². The van der Waals surface area contributed by atoms with Crippen molar-refractivity contribution in [1.29, 1.82) is 0 Å². The quantitative estimate of drug-likeness (QED) is 0.886. The molecule has 2 atom stereocenters. The Labute approximate surface area is 129 Å². The topological polar surface area (TPSA) is 82.3 Å². The van der Waals surface area contributed by atoms with Crippen molar-refractivity contribution in [2.45, 2.75) is 38.3 Å². The van der Waals surface area contributed by atoms with Crippen LogP contribution in [0.15, 0.2) is 6.33 Å². The zero-order valence-corrected chi connectivity index (χ0v) is 12.9. The van der Waals surface area contributed by atoms with E-state index in [0.29, 0.717) is 16.7 Å². The molecule has 3 rings (SSSR count).